The van der Waals surface area contributed by atoms with Crippen LogP contribution >= 0.6 is 0 Å². The molecule has 6 rings (SSSR count). The van der Waals surface area contributed by atoms with Crippen molar-refractivity contribution in [2.24, 2.45) is 7.05 Å². The molecule has 2 atom stereocenters. The van der Waals surface area contributed by atoms with Crippen LogP contribution in [0.25, 0.3) is 11.0 Å². The number of anilines is 3. The van der Waals surface area contributed by atoms with E-state index < -0.39 is 0 Å². The maximum absolute atomic E-state index is 13.1. The van der Waals surface area contributed by atoms with E-state index in [-0.39, 0.29) is 29.8 Å². The summed E-state index contributed by atoms with van der Waals surface area (Å²) in [5, 5.41) is 13.0. The lowest BCUT2D eigenvalue weighted by atomic mass is 10.1. The second-order valence-electron chi connectivity index (χ2n) is 10.0. The van der Waals surface area contributed by atoms with Crippen LogP contribution in [0, 0.1) is 18.3 Å². The van der Waals surface area contributed by atoms with Crippen molar-refractivity contribution >= 4 is 40.3 Å². The molecule has 0 radical (unpaired) electrons. The van der Waals surface area contributed by atoms with Gasteiger partial charge in [0.05, 0.1) is 51.3 Å². The van der Waals surface area contributed by atoms with Gasteiger partial charge in [-0.15, -0.1) is 0 Å². The maximum Gasteiger partial charge on any atom is 0.261 e. The van der Waals surface area contributed by atoms with Gasteiger partial charge in [0.2, 0.25) is 5.95 Å². The number of benzene rings is 1. The van der Waals surface area contributed by atoms with Crippen LogP contribution in [0.2, 0.25) is 0 Å². The fourth-order valence-corrected chi connectivity index (χ4v) is 5.58. The van der Waals surface area contributed by atoms with Crippen molar-refractivity contribution in [3.63, 3.8) is 0 Å². The SMILES string of the molecule is Cc1nc(N)nc(N[C@@H](C)c2nc3ccn(C)c3cc2N2CC[C@@H](N3C(=O)c4ccccc4C3=O)C2)c1C#N. The summed E-state index contributed by atoms with van der Waals surface area (Å²) in [4.78, 5) is 43.2. The Kier molecular flexibility index (Phi) is 5.68. The summed E-state index contributed by atoms with van der Waals surface area (Å²) in [5.41, 5.74) is 11.1. The third kappa shape index (κ3) is 3.92. The first kappa shape index (κ1) is 24.4. The van der Waals surface area contributed by atoms with Gasteiger partial charge in [0.15, 0.2) is 0 Å². The molecule has 0 saturated carbocycles. The van der Waals surface area contributed by atoms with Crippen LogP contribution in [-0.4, -0.2) is 55.4 Å². The summed E-state index contributed by atoms with van der Waals surface area (Å²) < 4.78 is 2.01. The van der Waals surface area contributed by atoms with Crippen molar-refractivity contribution in [2.45, 2.75) is 32.4 Å². The highest BCUT2D eigenvalue weighted by Gasteiger charge is 2.42. The fraction of sp³-hybridized carbons (Fsp3) is 0.286. The molecule has 3 aromatic heterocycles. The van der Waals surface area contributed by atoms with Crippen molar-refractivity contribution in [3.05, 3.63) is 70.7 Å². The van der Waals surface area contributed by atoms with E-state index in [1.165, 1.54) is 4.90 Å². The minimum absolute atomic E-state index is 0.0798. The normalized spacial score (nSPS) is 17.5. The molecule has 11 heteroatoms. The summed E-state index contributed by atoms with van der Waals surface area (Å²) in [6.45, 7) is 4.81. The van der Waals surface area contributed by atoms with Crippen LogP contribution in [0.5, 0.6) is 0 Å². The monoisotopic (exact) mass is 521 g/mol. The molecule has 11 nitrogen and oxygen atoms in total. The number of rotatable bonds is 5. The number of nitrogens with two attached hydrogens (primary N) is 1. The summed E-state index contributed by atoms with van der Waals surface area (Å²) in [5.74, 6) is -0.0543. The lowest BCUT2D eigenvalue weighted by Gasteiger charge is -2.27. The predicted octanol–water partition coefficient (Wildman–Crippen LogP) is 3.17. The largest absolute Gasteiger partial charge is 0.368 e. The number of aryl methyl sites for hydroxylation is 2. The molecule has 2 aliphatic heterocycles. The Morgan fingerprint density at radius 1 is 1.13 bits per heavy atom. The summed E-state index contributed by atoms with van der Waals surface area (Å²) in [7, 11) is 1.96. The number of nitriles is 1. The van der Waals surface area contributed by atoms with E-state index in [0.717, 1.165) is 22.4 Å². The summed E-state index contributed by atoms with van der Waals surface area (Å²) in [6, 6.07) is 12.6. The molecule has 4 aromatic rings. The average Bonchev–Trinajstić information content (AvgIpc) is 3.60. The number of aromatic nitrogens is 4. The average molecular weight is 522 g/mol. The number of nitrogens with zero attached hydrogens (tertiary/aromatic N) is 7. The Morgan fingerprint density at radius 2 is 1.85 bits per heavy atom. The van der Waals surface area contributed by atoms with Gasteiger partial charge in [0.1, 0.15) is 17.5 Å². The van der Waals surface area contributed by atoms with Crippen LogP contribution in [0.3, 0.4) is 0 Å². The zero-order chi connectivity index (χ0) is 27.4. The number of nitrogen functional groups attached to an aromatic ring is 1. The molecule has 0 aliphatic carbocycles. The number of hydrogen-bond donors (Lipinski definition) is 2. The molecular formula is C28H27N9O2. The highest BCUT2D eigenvalue weighted by atomic mass is 16.2. The predicted molar refractivity (Wildman–Crippen MR) is 146 cm³/mol. The van der Waals surface area contributed by atoms with Crippen LogP contribution in [0.4, 0.5) is 17.5 Å². The number of imide groups is 1. The Balaban J connectivity index is 1.34. The smallest absolute Gasteiger partial charge is 0.261 e. The molecular weight excluding hydrogens is 494 g/mol. The van der Waals surface area contributed by atoms with Gasteiger partial charge < -0.3 is 20.5 Å². The number of amides is 2. The first-order chi connectivity index (χ1) is 18.8. The molecule has 196 valence electrons. The summed E-state index contributed by atoms with van der Waals surface area (Å²) in [6.07, 6.45) is 2.61. The number of nitrogens with one attached hydrogen (secondary N) is 1. The van der Waals surface area contributed by atoms with Gasteiger partial charge in [-0.05, 0) is 44.5 Å². The third-order valence-corrected chi connectivity index (χ3v) is 7.55. The highest BCUT2D eigenvalue weighted by Crippen LogP contribution is 2.35. The van der Waals surface area contributed by atoms with E-state index in [1.807, 2.05) is 30.8 Å². The first-order valence-corrected chi connectivity index (χ1v) is 12.8. The van der Waals surface area contributed by atoms with Crippen molar-refractivity contribution < 1.29 is 9.59 Å². The molecule has 1 aromatic carbocycles. The van der Waals surface area contributed by atoms with E-state index in [0.29, 0.717) is 47.7 Å². The molecule has 1 fully saturated rings. The quantitative estimate of drug-likeness (QED) is 0.378. The lowest BCUT2D eigenvalue weighted by molar-refractivity contribution is 0.0598. The summed E-state index contributed by atoms with van der Waals surface area (Å²) >= 11 is 0. The minimum atomic E-state index is -0.344. The third-order valence-electron chi connectivity index (χ3n) is 7.55. The Bertz CT molecular complexity index is 1670. The van der Waals surface area contributed by atoms with E-state index >= 15 is 0 Å². The zero-order valence-electron chi connectivity index (χ0n) is 21.8. The number of carbonyl (C=O) groups is 2. The van der Waals surface area contributed by atoms with E-state index in [1.54, 1.807) is 31.2 Å². The second kappa shape index (κ2) is 9.09. The number of hydrogen-bond acceptors (Lipinski definition) is 9. The molecule has 2 aliphatic rings. The number of carbonyl (C=O) groups excluding carboxylic acids is 2. The van der Waals surface area contributed by atoms with Crippen LogP contribution in [0.15, 0.2) is 42.6 Å². The van der Waals surface area contributed by atoms with Crippen LogP contribution in [0.1, 0.15) is 57.1 Å². The molecule has 0 unspecified atom stereocenters. The van der Waals surface area contributed by atoms with Crippen molar-refractivity contribution in [2.75, 3.05) is 29.0 Å². The van der Waals surface area contributed by atoms with Crippen LogP contribution < -0.4 is 16.0 Å². The van der Waals surface area contributed by atoms with E-state index in [4.69, 9.17) is 10.7 Å². The van der Waals surface area contributed by atoms with Gasteiger partial charge in [-0.1, -0.05) is 12.1 Å². The van der Waals surface area contributed by atoms with E-state index in [9.17, 15) is 14.9 Å². The molecule has 0 bridgehead atoms. The van der Waals surface area contributed by atoms with E-state index in [2.05, 4.69) is 32.3 Å². The van der Waals surface area contributed by atoms with Gasteiger partial charge >= 0.3 is 0 Å². The van der Waals surface area contributed by atoms with Crippen molar-refractivity contribution in [1.29, 1.82) is 5.26 Å². The number of pyridine rings is 1. The lowest BCUT2D eigenvalue weighted by Crippen LogP contribution is -2.41. The standard InChI is InChI=1S/C28H27N9O2/c1-15-20(13-29)25(34-28(30)32-15)31-16(2)24-23(12-22-21(33-24)9-10-35(22)3)36-11-8-17(14-36)37-26(38)18-6-4-5-7-19(18)27(37)39/h4-7,9-10,12,16-17H,8,11,14H2,1-3H3,(H3,30,31,32,34)/t16-,17+/m0/s1. The topological polar surface area (TPSA) is 146 Å². The number of fused-ring (bicyclic) bond motifs is 2. The molecule has 5 heterocycles. The molecule has 3 N–H and O–H groups in total. The van der Waals surface area contributed by atoms with Crippen molar-refractivity contribution in [1.82, 2.24) is 24.4 Å². The minimum Gasteiger partial charge on any atom is -0.368 e. The fourth-order valence-electron chi connectivity index (χ4n) is 5.58. The van der Waals surface area contributed by atoms with Gasteiger partial charge in [-0.3, -0.25) is 14.5 Å². The Labute approximate surface area is 224 Å². The van der Waals surface area contributed by atoms with Gasteiger partial charge in [-0.25, -0.2) is 9.97 Å². The maximum atomic E-state index is 13.1. The molecule has 2 amide bonds. The zero-order valence-corrected chi connectivity index (χ0v) is 21.8. The molecule has 1 saturated heterocycles. The van der Waals surface area contributed by atoms with Gasteiger partial charge in [-0.2, -0.15) is 10.2 Å². The second-order valence-corrected chi connectivity index (χ2v) is 10.0. The molecule has 0 spiro atoms. The highest BCUT2D eigenvalue weighted by molar-refractivity contribution is 6.21. The van der Waals surface area contributed by atoms with Crippen molar-refractivity contribution in [3.8, 4) is 6.07 Å². The Hall–Kier alpha value is -4.98. The molecule has 39 heavy (non-hydrogen) atoms. The Morgan fingerprint density at radius 3 is 2.54 bits per heavy atom. The first-order valence-electron chi connectivity index (χ1n) is 12.8. The van der Waals surface area contributed by atoms with Gasteiger partial charge in [0.25, 0.3) is 11.8 Å². The van der Waals surface area contributed by atoms with Gasteiger partial charge in [0, 0.05) is 26.3 Å². The van der Waals surface area contributed by atoms with Crippen LogP contribution in [-0.2, 0) is 7.05 Å².